The Balaban J connectivity index is 1.65. The lowest BCUT2D eigenvalue weighted by atomic mass is 10.00. The van der Waals surface area contributed by atoms with Gasteiger partial charge in [0.25, 0.3) is 0 Å². The number of rotatable bonds is 5. The summed E-state index contributed by atoms with van der Waals surface area (Å²) < 4.78 is 11.9. The van der Waals surface area contributed by atoms with Gasteiger partial charge in [-0.15, -0.1) is 0 Å². The second kappa shape index (κ2) is 7.76. The summed E-state index contributed by atoms with van der Waals surface area (Å²) >= 11 is 0. The van der Waals surface area contributed by atoms with Crippen LogP contribution in [0, 0.1) is 0 Å². The molecule has 122 valence electrons. The number of hydrogen-bond acceptors (Lipinski definition) is 2. The van der Waals surface area contributed by atoms with Gasteiger partial charge in [0.15, 0.2) is 0 Å². The minimum atomic E-state index is 0.0691. The highest BCUT2D eigenvalue weighted by Crippen LogP contribution is 2.27. The van der Waals surface area contributed by atoms with Gasteiger partial charge in [0.2, 0.25) is 0 Å². The predicted octanol–water partition coefficient (Wildman–Crippen LogP) is 5.17. The molecule has 2 aromatic carbocycles. The largest absolute Gasteiger partial charge is 0.373 e. The smallest absolute Gasteiger partial charge is 0.106 e. The molecule has 2 atom stereocenters. The van der Waals surface area contributed by atoms with E-state index < -0.39 is 0 Å². The first-order chi connectivity index (χ1) is 11.3. The molecule has 1 heterocycles. The van der Waals surface area contributed by atoms with E-state index in [4.69, 9.17) is 9.47 Å². The van der Waals surface area contributed by atoms with Crippen LogP contribution in [0.2, 0.25) is 0 Å². The summed E-state index contributed by atoms with van der Waals surface area (Å²) in [5, 5.41) is 0. The van der Waals surface area contributed by atoms with Gasteiger partial charge in [-0.25, -0.2) is 0 Å². The van der Waals surface area contributed by atoms with Crippen LogP contribution in [0.15, 0.2) is 48.5 Å². The highest BCUT2D eigenvalue weighted by atomic mass is 16.6. The van der Waals surface area contributed by atoms with Gasteiger partial charge in [0, 0.05) is 0 Å². The maximum atomic E-state index is 5.98. The second-order valence-corrected chi connectivity index (χ2v) is 6.24. The van der Waals surface area contributed by atoms with E-state index in [1.54, 1.807) is 0 Å². The van der Waals surface area contributed by atoms with Crippen molar-refractivity contribution in [2.75, 3.05) is 13.2 Å². The van der Waals surface area contributed by atoms with Crippen LogP contribution in [0.5, 0.6) is 0 Å². The lowest BCUT2D eigenvalue weighted by Gasteiger charge is -2.29. The lowest BCUT2D eigenvalue weighted by molar-refractivity contribution is -0.137. The van der Waals surface area contributed by atoms with Gasteiger partial charge in [-0.2, -0.15) is 0 Å². The SMILES string of the molecule is CCC[C@@H]1CO[C@@H](c2ccc(-c3ccc(CC)cc3)cc2)CO1. The van der Waals surface area contributed by atoms with Crippen LogP contribution in [0.4, 0.5) is 0 Å². The summed E-state index contributed by atoms with van der Waals surface area (Å²) in [7, 11) is 0. The molecular formula is C21H26O2. The van der Waals surface area contributed by atoms with E-state index >= 15 is 0 Å². The van der Waals surface area contributed by atoms with Crippen molar-refractivity contribution in [1.82, 2.24) is 0 Å². The van der Waals surface area contributed by atoms with Crippen molar-refractivity contribution in [2.24, 2.45) is 0 Å². The fourth-order valence-corrected chi connectivity index (χ4v) is 3.05. The summed E-state index contributed by atoms with van der Waals surface area (Å²) in [6, 6.07) is 17.5. The van der Waals surface area contributed by atoms with Crippen molar-refractivity contribution in [2.45, 2.75) is 45.3 Å². The highest BCUT2D eigenvalue weighted by Gasteiger charge is 2.22. The van der Waals surface area contributed by atoms with E-state index in [9.17, 15) is 0 Å². The van der Waals surface area contributed by atoms with Crippen molar-refractivity contribution in [3.63, 3.8) is 0 Å². The number of ether oxygens (including phenoxy) is 2. The molecule has 0 aliphatic carbocycles. The predicted molar refractivity (Wildman–Crippen MR) is 94.6 cm³/mol. The third-order valence-corrected chi connectivity index (χ3v) is 4.56. The molecule has 0 saturated carbocycles. The molecular weight excluding hydrogens is 284 g/mol. The van der Waals surface area contributed by atoms with E-state index in [-0.39, 0.29) is 12.2 Å². The van der Waals surface area contributed by atoms with Crippen LogP contribution in [0.25, 0.3) is 11.1 Å². The van der Waals surface area contributed by atoms with Gasteiger partial charge in [-0.05, 0) is 35.1 Å². The molecule has 0 amide bonds. The quantitative estimate of drug-likeness (QED) is 0.758. The molecule has 0 unspecified atom stereocenters. The molecule has 1 saturated heterocycles. The Kier molecular flexibility index (Phi) is 5.47. The molecule has 0 radical (unpaired) electrons. The van der Waals surface area contributed by atoms with E-state index in [1.165, 1.54) is 22.3 Å². The fourth-order valence-electron chi connectivity index (χ4n) is 3.05. The molecule has 0 bridgehead atoms. The van der Waals surface area contributed by atoms with E-state index in [1.807, 2.05) is 0 Å². The first-order valence-electron chi connectivity index (χ1n) is 8.72. The Hall–Kier alpha value is -1.64. The maximum absolute atomic E-state index is 5.98. The van der Waals surface area contributed by atoms with Crippen molar-refractivity contribution in [1.29, 1.82) is 0 Å². The summed E-state index contributed by atoms with van der Waals surface area (Å²) in [5.74, 6) is 0. The van der Waals surface area contributed by atoms with Crippen LogP contribution < -0.4 is 0 Å². The van der Waals surface area contributed by atoms with Gasteiger partial charge in [-0.3, -0.25) is 0 Å². The minimum absolute atomic E-state index is 0.0691. The minimum Gasteiger partial charge on any atom is -0.373 e. The topological polar surface area (TPSA) is 18.5 Å². The molecule has 1 aliphatic heterocycles. The first kappa shape index (κ1) is 16.2. The van der Waals surface area contributed by atoms with Gasteiger partial charge < -0.3 is 9.47 Å². The Morgan fingerprint density at radius 1 is 0.826 bits per heavy atom. The van der Waals surface area contributed by atoms with Crippen molar-refractivity contribution in [3.8, 4) is 11.1 Å². The average molecular weight is 310 g/mol. The third-order valence-electron chi connectivity index (χ3n) is 4.56. The van der Waals surface area contributed by atoms with Gasteiger partial charge in [-0.1, -0.05) is 68.8 Å². The molecule has 1 aliphatic rings. The van der Waals surface area contributed by atoms with Crippen molar-refractivity contribution >= 4 is 0 Å². The Morgan fingerprint density at radius 3 is 2.00 bits per heavy atom. The molecule has 2 heteroatoms. The summed E-state index contributed by atoms with van der Waals surface area (Å²) in [5.41, 5.74) is 5.09. The summed E-state index contributed by atoms with van der Waals surface area (Å²) in [6.07, 6.45) is 3.65. The van der Waals surface area contributed by atoms with Crippen LogP contribution in [0.3, 0.4) is 0 Å². The van der Waals surface area contributed by atoms with Crippen LogP contribution >= 0.6 is 0 Å². The average Bonchev–Trinajstić information content (AvgIpc) is 2.63. The Bertz CT molecular complexity index is 593. The fraction of sp³-hybridized carbons (Fsp3) is 0.429. The molecule has 0 aromatic heterocycles. The van der Waals surface area contributed by atoms with Gasteiger partial charge >= 0.3 is 0 Å². The van der Waals surface area contributed by atoms with E-state index in [0.29, 0.717) is 13.2 Å². The molecule has 3 rings (SSSR count). The van der Waals surface area contributed by atoms with Gasteiger partial charge in [0.05, 0.1) is 19.3 Å². The molecule has 1 fully saturated rings. The molecule has 23 heavy (non-hydrogen) atoms. The normalized spacial score (nSPS) is 21.3. The zero-order chi connectivity index (χ0) is 16.1. The maximum Gasteiger partial charge on any atom is 0.106 e. The van der Waals surface area contributed by atoms with Crippen LogP contribution in [-0.4, -0.2) is 19.3 Å². The number of benzene rings is 2. The lowest BCUT2D eigenvalue weighted by Crippen LogP contribution is -2.30. The zero-order valence-corrected chi connectivity index (χ0v) is 14.1. The summed E-state index contributed by atoms with van der Waals surface area (Å²) in [4.78, 5) is 0. The standard InChI is InChI=1S/C21H26O2/c1-3-5-20-14-23-21(15-22-20)19-12-10-18(11-13-19)17-8-6-16(4-2)7-9-17/h6-13,20-21H,3-5,14-15H2,1-2H3/t20-,21-/m1/s1. The molecule has 2 aromatic rings. The van der Waals surface area contributed by atoms with Crippen molar-refractivity contribution < 1.29 is 9.47 Å². The van der Waals surface area contributed by atoms with Crippen LogP contribution in [0.1, 0.15) is 43.9 Å². The van der Waals surface area contributed by atoms with Crippen LogP contribution in [-0.2, 0) is 15.9 Å². The van der Waals surface area contributed by atoms with Crippen molar-refractivity contribution in [3.05, 3.63) is 59.7 Å². The zero-order valence-electron chi connectivity index (χ0n) is 14.1. The third kappa shape index (κ3) is 4.01. The van der Waals surface area contributed by atoms with Gasteiger partial charge in [0.1, 0.15) is 6.10 Å². The number of aryl methyl sites for hydroxylation is 1. The van der Waals surface area contributed by atoms with E-state index in [2.05, 4.69) is 62.4 Å². The molecule has 0 spiro atoms. The second-order valence-electron chi connectivity index (χ2n) is 6.24. The van der Waals surface area contributed by atoms with E-state index in [0.717, 1.165) is 19.3 Å². The Morgan fingerprint density at radius 2 is 1.48 bits per heavy atom. The highest BCUT2D eigenvalue weighted by molar-refractivity contribution is 5.64. The molecule has 0 N–H and O–H groups in total. The number of hydrogen-bond donors (Lipinski definition) is 0. The summed E-state index contributed by atoms with van der Waals surface area (Å²) in [6.45, 7) is 5.73. The first-order valence-corrected chi connectivity index (χ1v) is 8.72. The Labute approximate surface area is 139 Å². The monoisotopic (exact) mass is 310 g/mol. The molecule has 2 nitrogen and oxygen atoms in total.